The fraction of sp³-hybridized carbons (Fsp3) is 0.200. The number of hydrogen-bond donors (Lipinski definition) is 2. The van der Waals surface area contributed by atoms with Crippen LogP contribution in [0.1, 0.15) is 38.4 Å². The summed E-state index contributed by atoms with van der Waals surface area (Å²) in [6, 6.07) is 6.51. The molecule has 0 spiro atoms. The van der Waals surface area contributed by atoms with E-state index in [1.54, 1.807) is 31.2 Å². The minimum Gasteiger partial charge on any atom is -0.465 e. The summed E-state index contributed by atoms with van der Waals surface area (Å²) in [5.74, 6) is 0.105. The fourth-order valence-corrected chi connectivity index (χ4v) is 2.51. The lowest BCUT2D eigenvalue weighted by atomic mass is 10.1. The Balaban J connectivity index is 1.94. The Morgan fingerprint density at radius 1 is 1.32 bits per heavy atom. The summed E-state index contributed by atoms with van der Waals surface area (Å²) < 4.78 is 10.2. The van der Waals surface area contributed by atoms with Gasteiger partial charge in [-0.2, -0.15) is 0 Å². The monoisotopic (exact) mass is 320 g/mol. The van der Waals surface area contributed by atoms with Gasteiger partial charge in [-0.1, -0.05) is 11.6 Å². The molecule has 1 aliphatic rings. The van der Waals surface area contributed by atoms with E-state index in [1.807, 2.05) is 0 Å². The number of fused-ring (bicyclic) bond motifs is 1. The molecule has 6 nitrogen and oxygen atoms in total. The van der Waals surface area contributed by atoms with Gasteiger partial charge >= 0.3 is 5.97 Å². The number of furan rings is 1. The Morgan fingerprint density at radius 2 is 2.09 bits per heavy atom. The van der Waals surface area contributed by atoms with Crippen LogP contribution in [0, 0.1) is 6.92 Å². The van der Waals surface area contributed by atoms with Gasteiger partial charge in [-0.25, -0.2) is 4.79 Å². The maximum absolute atomic E-state index is 12.1. The normalized spacial score (nSPS) is 16.5. The van der Waals surface area contributed by atoms with Crippen LogP contribution < -0.4 is 10.6 Å². The number of amides is 1. The van der Waals surface area contributed by atoms with Gasteiger partial charge in [-0.3, -0.25) is 4.79 Å². The first-order chi connectivity index (χ1) is 10.5. The fourth-order valence-electron chi connectivity index (χ4n) is 2.34. The highest BCUT2D eigenvalue weighted by atomic mass is 35.5. The van der Waals surface area contributed by atoms with Gasteiger partial charge in [0.15, 0.2) is 6.17 Å². The summed E-state index contributed by atoms with van der Waals surface area (Å²) in [7, 11) is 1.30. The maximum atomic E-state index is 12.1. The Bertz CT molecular complexity index is 769. The summed E-state index contributed by atoms with van der Waals surface area (Å²) in [6.45, 7) is 1.66. The summed E-state index contributed by atoms with van der Waals surface area (Å²) in [6.07, 6.45) is -0.587. The van der Waals surface area contributed by atoms with Crippen LogP contribution in [0.4, 0.5) is 5.69 Å². The van der Waals surface area contributed by atoms with E-state index in [2.05, 4.69) is 15.4 Å². The van der Waals surface area contributed by atoms with Crippen LogP contribution in [0.3, 0.4) is 0 Å². The predicted octanol–water partition coefficient (Wildman–Crippen LogP) is 2.88. The average molecular weight is 321 g/mol. The second-order valence-electron chi connectivity index (χ2n) is 4.85. The molecule has 7 heteroatoms. The van der Waals surface area contributed by atoms with Crippen LogP contribution in [0.25, 0.3) is 0 Å². The molecule has 2 N–H and O–H groups in total. The van der Waals surface area contributed by atoms with Crippen molar-refractivity contribution in [3.63, 3.8) is 0 Å². The van der Waals surface area contributed by atoms with Crippen molar-refractivity contribution in [3.05, 3.63) is 51.9 Å². The molecule has 1 amide bonds. The summed E-state index contributed by atoms with van der Waals surface area (Å²) in [4.78, 5) is 23.8. The zero-order chi connectivity index (χ0) is 15.9. The van der Waals surface area contributed by atoms with E-state index in [9.17, 15) is 9.59 Å². The first kappa shape index (κ1) is 14.5. The van der Waals surface area contributed by atoms with Crippen LogP contribution in [0.15, 0.2) is 28.7 Å². The number of aryl methyl sites for hydroxylation is 1. The molecule has 1 aliphatic heterocycles. The van der Waals surface area contributed by atoms with Gasteiger partial charge in [0.05, 0.1) is 18.4 Å². The second-order valence-corrected chi connectivity index (χ2v) is 5.29. The lowest BCUT2D eigenvalue weighted by Gasteiger charge is -2.26. The molecule has 1 atom stereocenters. The zero-order valence-corrected chi connectivity index (χ0v) is 12.7. The zero-order valence-electron chi connectivity index (χ0n) is 11.9. The number of esters is 1. The number of anilines is 1. The van der Waals surface area contributed by atoms with E-state index in [0.29, 0.717) is 33.4 Å². The molecular weight excluding hydrogens is 308 g/mol. The van der Waals surface area contributed by atoms with E-state index in [0.717, 1.165) is 0 Å². The third kappa shape index (κ3) is 2.42. The van der Waals surface area contributed by atoms with Crippen molar-refractivity contribution in [1.29, 1.82) is 0 Å². The number of hydrogen-bond acceptors (Lipinski definition) is 5. The van der Waals surface area contributed by atoms with E-state index >= 15 is 0 Å². The Labute approximate surface area is 131 Å². The van der Waals surface area contributed by atoms with Gasteiger partial charge in [-0.05, 0) is 31.2 Å². The summed E-state index contributed by atoms with van der Waals surface area (Å²) in [5.41, 5.74) is 1.43. The second kappa shape index (κ2) is 5.38. The van der Waals surface area contributed by atoms with Crippen LogP contribution in [-0.2, 0) is 4.74 Å². The molecule has 3 rings (SSSR count). The lowest BCUT2D eigenvalue weighted by Crippen LogP contribution is -2.38. The number of methoxy groups -OCH3 is 1. The van der Waals surface area contributed by atoms with Gasteiger partial charge in [0.25, 0.3) is 5.91 Å². The van der Waals surface area contributed by atoms with Crippen molar-refractivity contribution in [1.82, 2.24) is 5.32 Å². The molecule has 2 heterocycles. The molecule has 0 radical (unpaired) electrons. The molecule has 0 fully saturated rings. The SMILES string of the molecule is COC(=O)c1cc(C2NC(=O)c3ccc(Cl)cc3N2)oc1C. The Kier molecular flexibility index (Phi) is 3.54. The van der Waals surface area contributed by atoms with Crippen LogP contribution in [0.5, 0.6) is 0 Å². The molecule has 1 aromatic carbocycles. The molecule has 0 saturated carbocycles. The molecule has 2 aromatic rings. The molecule has 0 saturated heterocycles. The van der Waals surface area contributed by atoms with Crippen LogP contribution in [0.2, 0.25) is 5.02 Å². The minimum absolute atomic E-state index is 0.246. The van der Waals surface area contributed by atoms with Crippen LogP contribution in [-0.4, -0.2) is 19.0 Å². The molecule has 1 aromatic heterocycles. The smallest absolute Gasteiger partial charge is 0.341 e. The molecule has 0 aliphatic carbocycles. The molecule has 1 unspecified atom stereocenters. The quantitative estimate of drug-likeness (QED) is 0.832. The highest BCUT2D eigenvalue weighted by Crippen LogP contribution is 2.30. The highest BCUT2D eigenvalue weighted by molar-refractivity contribution is 6.31. The van der Waals surface area contributed by atoms with E-state index in [-0.39, 0.29) is 5.91 Å². The molecule has 114 valence electrons. The Hall–Kier alpha value is -2.47. The first-order valence-electron chi connectivity index (χ1n) is 6.55. The molecular formula is C15H13ClN2O4. The number of carbonyl (C=O) groups excluding carboxylic acids is 2. The van der Waals surface area contributed by atoms with Crippen molar-refractivity contribution >= 4 is 29.2 Å². The van der Waals surface area contributed by atoms with Gasteiger partial charge in [0, 0.05) is 5.02 Å². The average Bonchev–Trinajstić information content (AvgIpc) is 2.88. The Morgan fingerprint density at radius 3 is 2.82 bits per heavy atom. The highest BCUT2D eigenvalue weighted by Gasteiger charge is 2.28. The third-order valence-corrected chi connectivity index (χ3v) is 3.66. The van der Waals surface area contributed by atoms with Crippen molar-refractivity contribution in [2.45, 2.75) is 13.1 Å². The number of benzene rings is 1. The van der Waals surface area contributed by atoms with E-state index < -0.39 is 12.1 Å². The van der Waals surface area contributed by atoms with Crippen molar-refractivity contribution in [2.24, 2.45) is 0 Å². The van der Waals surface area contributed by atoms with Crippen LogP contribution >= 0.6 is 11.6 Å². The van der Waals surface area contributed by atoms with Crippen molar-refractivity contribution < 1.29 is 18.7 Å². The third-order valence-electron chi connectivity index (χ3n) is 3.43. The van der Waals surface area contributed by atoms with Crippen molar-refractivity contribution in [3.8, 4) is 0 Å². The lowest BCUT2D eigenvalue weighted by molar-refractivity contribution is 0.0598. The first-order valence-corrected chi connectivity index (χ1v) is 6.93. The van der Waals surface area contributed by atoms with Gasteiger partial charge in [-0.15, -0.1) is 0 Å². The minimum atomic E-state index is -0.587. The predicted molar refractivity (Wildman–Crippen MR) is 80.1 cm³/mol. The summed E-state index contributed by atoms with van der Waals surface area (Å²) in [5, 5.41) is 6.41. The standard InChI is InChI=1S/C15H13ClN2O4/c1-7-10(15(20)21-2)6-12(22-7)13-17-11-5-8(16)3-4-9(11)14(19)18-13/h3-6,13,17H,1-2H3,(H,18,19). The van der Waals surface area contributed by atoms with E-state index in [4.69, 9.17) is 16.0 Å². The molecule has 0 bridgehead atoms. The maximum Gasteiger partial charge on any atom is 0.341 e. The number of carbonyl (C=O) groups is 2. The van der Waals surface area contributed by atoms with Gasteiger partial charge < -0.3 is 19.8 Å². The molecule has 22 heavy (non-hydrogen) atoms. The van der Waals surface area contributed by atoms with Gasteiger partial charge in [0.2, 0.25) is 0 Å². The number of halogens is 1. The number of nitrogens with one attached hydrogen (secondary N) is 2. The van der Waals surface area contributed by atoms with Gasteiger partial charge in [0.1, 0.15) is 17.1 Å². The number of rotatable bonds is 2. The van der Waals surface area contributed by atoms with E-state index in [1.165, 1.54) is 7.11 Å². The van der Waals surface area contributed by atoms with Crippen molar-refractivity contribution in [2.75, 3.05) is 12.4 Å². The topological polar surface area (TPSA) is 80.6 Å². The summed E-state index contributed by atoms with van der Waals surface area (Å²) >= 11 is 5.95. The largest absolute Gasteiger partial charge is 0.465 e. The number of ether oxygens (including phenoxy) is 1.